The Kier molecular flexibility index (Phi) is 4.11. The first-order valence-corrected chi connectivity index (χ1v) is 8.73. The topological polar surface area (TPSA) is 50.7 Å². The van der Waals surface area contributed by atoms with Gasteiger partial charge in [-0.3, -0.25) is 4.98 Å². The lowest BCUT2D eigenvalue weighted by Gasteiger charge is -2.08. The third-order valence-electron chi connectivity index (χ3n) is 3.91. The number of aromatic nitrogens is 3. The predicted molar refractivity (Wildman–Crippen MR) is 99.1 cm³/mol. The van der Waals surface area contributed by atoms with E-state index in [-0.39, 0.29) is 5.82 Å². The van der Waals surface area contributed by atoms with E-state index in [1.54, 1.807) is 29.8 Å². The van der Waals surface area contributed by atoms with Crippen molar-refractivity contribution in [2.45, 2.75) is 13.5 Å². The Morgan fingerprint density at radius 1 is 1.08 bits per heavy atom. The number of aryl methyl sites for hydroxylation is 1. The summed E-state index contributed by atoms with van der Waals surface area (Å²) in [6, 6.07) is 12.4. The number of rotatable bonds is 4. The number of benzene rings is 1. The quantitative estimate of drug-likeness (QED) is 0.574. The summed E-state index contributed by atoms with van der Waals surface area (Å²) in [4.78, 5) is 14.2. The molecule has 4 rings (SSSR count). The lowest BCUT2D eigenvalue weighted by atomic mass is 10.1. The Bertz CT molecular complexity index is 1030. The fourth-order valence-corrected chi connectivity index (χ4v) is 3.64. The molecule has 4 nitrogen and oxygen atoms in total. The van der Waals surface area contributed by atoms with E-state index in [1.165, 1.54) is 12.1 Å². The second-order valence-electron chi connectivity index (χ2n) is 5.68. The number of anilines is 1. The molecule has 0 amide bonds. The van der Waals surface area contributed by atoms with Gasteiger partial charge < -0.3 is 5.32 Å². The number of hydrogen-bond acceptors (Lipinski definition) is 5. The Morgan fingerprint density at radius 2 is 1.92 bits per heavy atom. The van der Waals surface area contributed by atoms with Gasteiger partial charge in [0.25, 0.3) is 0 Å². The summed E-state index contributed by atoms with van der Waals surface area (Å²) in [6.45, 7) is 2.55. The number of nitrogens with one attached hydrogen (secondary N) is 1. The van der Waals surface area contributed by atoms with Crippen LogP contribution >= 0.6 is 11.3 Å². The van der Waals surface area contributed by atoms with E-state index in [0.717, 1.165) is 38.5 Å². The molecule has 0 fully saturated rings. The molecule has 0 saturated carbocycles. The summed E-state index contributed by atoms with van der Waals surface area (Å²) in [6.07, 6.45) is 1.55. The van der Waals surface area contributed by atoms with Crippen LogP contribution < -0.4 is 5.32 Å². The maximum atomic E-state index is 13.2. The first-order valence-electron chi connectivity index (χ1n) is 7.85. The zero-order chi connectivity index (χ0) is 17.2. The number of halogens is 1. The van der Waals surface area contributed by atoms with Gasteiger partial charge >= 0.3 is 0 Å². The van der Waals surface area contributed by atoms with Crippen molar-refractivity contribution in [1.29, 1.82) is 0 Å². The van der Waals surface area contributed by atoms with E-state index in [0.29, 0.717) is 6.54 Å². The van der Waals surface area contributed by atoms with Crippen LogP contribution in [0.25, 0.3) is 21.3 Å². The second-order valence-corrected chi connectivity index (χ2v) is 6.54. The maximum absolute atomic E-state index is 13.2. The van der Waals surface area contributed by atoms with Crippen LogP contribution in [0.4, 0.5) is 10.2 Å². The van der Waals surface area contributed by atoms with Gasteiger partial charge in [0.1, 0.15) is 22.8 Å². The lowest BCUT2D eigenvalue weighted by Crippen LogP contribution is -2.04. The third-order valence-corrected chi connectivity index (χ3v) is 4.79. The molecule has 0 spiro atoms. The van der Waals surface area contributed by atoms with Crippen molar-refractivity contribution < 1.29 is 4.39 Å². The monoisotopic (exact) mass is 350 g/mol. The van der Waals surface area contributed by atoms with Gasteiger partial charge in [-0.15, -0.1) is 11.3 Å². The molecule has 0 unspecified atom stereocenters. The van der Waals surface area contributed by atoms with Crippen LogP contribution in [0.2, 0.25) is 0 Å². The van der Waals surface area contributed by atoms with Crippen molar-refractivity contribution in [3.63, 3.8) is 0 Å². The van der Waals surface area contributed by atoms with Crippen molar-refractivity contribution >= 4 is 27.4 Å². The second kappa shape index (κ2) is 6.57. The third kappa shape index (κ3) is 3.21. The fourth-order valence-electron chi connectivity index (χ4n) is 2.72. The number of nitrogens with zero attached hydrogens (tertiary/aromatic N) is 3. The van der Waals surface area contributed by atoms with Crippen molar-refractivity contribution in [2.24, 2.45) is 0 Å². The van der Waals surface area contributed by atoms with E-state index >= 15 is 0 Å². The van der Waals surface area contributed by atoms with Gasteiger partial charge in [0, 0.05) is 16.6 Å². The summed E-state index contributed by atoms with van der Waals surface area (Å²) < 4.78 is 13.2. The lowest BCUT2D eigenvalue weighted by molar-refractivity contribution is 0.628. The highest BCUT2D eigenvalue weighted by Gasteiger charge is 2.13. The zero-order valence-corrected chi connectivity index (χ0v) is 14.3. The average molecular weight is 350 g/mol. The van der Waals surface area contributed by atoms with Crippen molar-refractivity contribution in [1.82, 2.24) is 15.0 Å². The van der Waals surface area contributed by atoms with Crippen LogP contribution in [0.1, 0.15) is 11.4 Å². The Labute approximate surface area is 148 Å². The van der Waals surface area contributed by atoms with Crippen molar-refractivity contribution in [3.8, 4) is 11.1 Å². The molecule has 124 valence electrons. The smallest absolute Gasteiger partial charge is 0.139 e. The first-order chi connectivity index (χ1) is 12.2. The molecule has 1 aromatic carbocycles. The maximum Gasteiger partial charge on any atom is 0.139 e. The van der Waals surface area contributed by atoms with Gasteiger partial charge in [-0.25, -0.2) is 14.4 Å². The average Bonchev–Trinajstić information content (AvgIpc) is 3.05. The zero-order valence-electron chi connectivity index (χ0n) is 13.5. The van der Waals surface area contributed by atoms with E-state index in [4.69, 9.17) is 0 Å². The molecule has 3 aromatic heterocycles. The van der Waals surface area contributed by atoms with Crippen LogP contribution in [-0.2, 0) is 6.54 Å². The molecule has 25 heavy (non-hydrogen) atoms. The molecule has 1 N–H and O–H groups in total. The molecular weight excluding hydrogens is 335 g/mol. The van der Waals surface area contributed by atoms with Gasteiger partial charge in [-0.05, 0) is 36.8 Å². The van der Waals surface area contributed by atoms with Crippen molar-refractivity contribution in [2.75, 3.05) is 5.32 Å². The molecule has 3 heterocycles. The summed E-state index contributed by atoms with van der Waals surface area (Å²) in [5.41, 5.74) is 3.87. The molecule has 0 aliphatic heterocycles. The van der Waals surface area contributed by atoms with E-state index in [9.17, 15) is 4.39 Å². The molecule has 0 bridgehead atoms. The summed E-state index contributed by atoms with van der Waals surface area (Å²) in [5.74, 6) is 0.511. The number of fused-ring (bicyclic) bond motifs is 1. The van der Waals surface area contributed by atoms with Gasteiger partial charge in [0.05, 0.1) is 17.6 Å². The largest absolute Gasteiger partial charge is 0.364 e. The Balaban J connectivity index is 1.71. The standard InChI is InChI=1S/C19H15FN4S/c1-12-3-2-4-15(24-12)9-21-18-17-16(10-25-19(17)23-11-22-18)13-5-7-14(20)8-6-13/h2-8,10-11H,9H2,1H3,(H,21,22,23). The molecular formula is C19H15FN4S. The number of pyridine rings is 1. The number of hydrogen-bond donors (Lipinski definition) is 1. The SMILES string of the molecule is Cc1cccc(CNc2ncnc3scc(-c4ccc(F)cc4)c23)n1. The van der Waals surface area contributed by atoms with Gasteiger partial charge in [-0.2, -0.15) is 0 Å². The molecule has 0 atom stereocenters. The van der Waals surface area contributed by atoms with E-state index in [1.807, 2.05) is 30.5 Å². The molecule has 0 aliphatic rings. The van der Waals surface area contributed by atoms with Gasteiger partial charge in [0.15, 0.2) is 0 Å². The summed E-state index contributed by atoms with van der Waals surface area (Å²) in [7, 11) is 0. The van der Waals surface area contributed by atoms with Crippen LogP contribution in [0.5, 0.6) is 0 Å². The normalized spacial score (nSPS) is 11.0. The Morgan fingerprint density at radius 3 is 2.72 bits per heavy atom. The molecule has 4 aromatic rings. The minimum atomic E-state index is -0.247. The molecule has 0 aliphatic carbocycles. The van der Waals surface area contributed by atoms with Crippen LogP contribution in [-0.4, -0.2) is 15.0 Å². The highest BCUT2D eigenvalue weighted by Crippen LogP contribution is 2.36. The minimum absolute atomic E-state index is 0.247. The Hall–Kier alpha value is -2.86. The van der Waals surface area contributed by atoms with Crippen LogP contribution in [0, 0.1) is 12.7 Å². The van der Waals surface area contributed by atoms with Gasteiger partial charge in [-0.1, -0.05) is 18.2 Å². The predicted octanol–water partition coefficient (Wildman–Crippen LogP) is 4.81. The molecule has 0 saturated heterocycles. The summed E-state index contributed by atoms with van der Waals surface area (Å²) >= 11 is 1.55. The number of thiophene rings is 1. The van der Waals surface area contributed by atoms with Crippen LogP contribution in [0.15, 0.2) is 54.2 Å². The van der Waals surface area contributed by atoms with E-state index in [2.05, 4.69) is 20.3 Å². The van der Waals surface area contributed by atoms with E-state index < -0.39 is 0 Å². The van der Waals surface area contributed by atoms with Gasteiger partial charge in [0.2, 0.25) is 0 Å². The molecule has 0 radical (unpaired) electrons. The van der Waals surface area contributed by atoms with Crippen LogP contribution in [0.3, 0.4) is 0 Å². The van der Waals surface area contributed by atoms with Crippen molar-refractivity contribution in [3.05, 3.63) is 71.4 Å². The molecule has 6 heteroatoms. The minimum Gasteiger partial charge on any atom is -0.364 e. The summed E-state index contributed by atoms with van der Waals surface area (Å²) in [5, 5.41) is 6.34. The first kappa shape index (κ1) is 15.7. The highest BCUT2D eigenvalue weighted by atomic mass is 32.1. The highest BCUT2D eigenvalue weighted by molar-refractivity contribution is 7.17. The fraction of sp³-hybridized carbons (Fsp3) is 0.105.